The predicted octanol–water partition coefficient (Wildman–Crippen LogP) is 4.05. The Balaban J connectivity index is 1.87. The van der Waals surface area contributed by atoms with Crippen LogP contribution < -0.4 is 10.6 Å². The lowest BCUT2D eigenvalue weighted by molar-refractivity contribution is 0.574. The molecule has 0 unspecified atom stereocenters. The maximum atomic E-state index is 13.7. The summed E-state index contributed by atoms with van der Waals surface area (Å²) in [5, 5.41) is 0.886. The molecule has 0 saturated carbocycles. The Labute approximate surface area is 144 Å². The normalized spacial score (nSPS) is 15.1. The van der Waals surface area contributed by atoms with E-state index in [1.54, 1.807) is 0 Å². The van der Waals surface area contributed by atoms with Gasteiger partial charge in [-0.2, -0.15) is 0 Å². The summed E-state index contributed by atoms with van der Waals surface area (Å²) in [5.74, 6) is 0.893. The van der Waals surface area contributed by atoms with Crippen molar-refractivity contribution in [2.75, 3.05) is 23.7 Å². The minimum absolute atomic E-state index is 0.163. The molecule has 1 fully saturated rings. The van der Waals surface area contributed by atoms with Gasteiger partial charge in [0.2, 0.25) is 0 Å². The molecule has 2 N–H and O–H groups in total. The number of piperidine rings is 1. The smallest absolute Gasteiger partial charge is 0.171 e. The predicted molar refractivity (Wildman–Crippen MR) is 97.5 cm³/mol. The number of fused-ring (bicyclic) bond motifs is 1. The summed E-state index contributed by atoms with van der Waals surface area (Å²) < 4.78 is 15.2. The van der Waals surface area contributed by atoms with Gasteiger partial charge in [0, 0.05) is 18.8 Å². The first-order valence-corrected chi connectivity index (χ1v) is 8.71. The van der Waals surface area contributed by atoms with Crippen LogP contribution in [0.3, 0.4) is 0 Å². The summed E-state index contributed by atoms with van der Waals surface area (Å²) in [7, 11) is 0. The van der Waals surface area contributed by atoms with Gasteiger partial charge in [0.25, 0.3) is 0 Å². The van der Waals surface area contributed by atoms with E-state index in [0.29, 0.717) is 11.3 Å². The third-order valence-corrected chi connectivity index (χ3v) is 4.97. The summed E-state index contributed by atoms with van der Waals surface area (Å²) in [6, 6.07) is 9.39. The molecule has 1 saturated heterocycles. The zero-order chi connectivity index (χ0) is 16.5. The number of nitrogens with two attached hydrogens (primary N) is 1. The average Bonchev–Trinajstić information content (AvgIpc) is 3.01. The first-order chi connectivity index (χ1) is 11.8. The molecule has 5 nitrogen and oxygen atoms in total. The third-order valence-electron chi connectivity index (χ3n) is 4.47. The molecular formula is C17H18FN5S. The fourth-order valence-electron chi connectivity index (χ4n) is 3.26. The molecular weight excluding hydrogens is 325 g/mol. The van der Waals surface area contributed by atoms with Crippen molar-refractivity contribution in [3.05, 3.63) is 36.7 Å². The molecule has 1 aliphatic rings. The molecule has 0 aliphatic carbocycles. The Morgan fingerprint density at radius 2 is 1.79 bits per heavy atom. The second-order valence-corrected chi connectivity index (χ2v) is 6.50. The van der Waals surface area contributed by atoms with Crippen LogP contribution in [-0.2, 0) is 0 Å². The molecule has 0 spiro atoms. The van der Waals surface area contributed by atoms with Crippen molar-refractivity contribution >= 4 is 34.9 Å². The Hall–Kier alpha value is -2.28. The number of nitrogens with zero attached hydrogens (tertiary/aromatic N) is 4. The van der Waals surface area contributed by atoms with E-state index in [1.165, 1.54) is 16.7 Å². The Bertz CT molecular complexity index is 855. The highest BCUT2D eigenvalue weighted by molar-refractivity contribution is 7.93. The van der Waals surface area contributed by atoms with E-state index in [-0.39, 0.29) is 12.3 Å². The van der Waals surface area contributed by atoms with Gasteiger partial charge in [-0.05, 0) is 43.0 Å². The van der Waals surface area contributed by atoms with Gasteiger partial charge in [-0.1, -0.05) is 12.1 Å². The largest absolute Gasteiger partial charge is 0.399 e. The van der Waals surface area contributed by atoms with Crippen molar-refractivity contribution < 1.29 is 3.89 Å². The van der Waals surface area contributed by atoms with Gasteiger partial charge in [-0.15, -0.1) is 3.89 Å². The van der Waals surface area contributed by atoms with Crippen LogP contribution in [0.5, 0.6) is 0 Å². The van der Waals surface area contributed by atoms with Crippen LogP contribution in [0.1, 0.15) is 19.3 Å². The van der Waals surface area contributed by atoms with Crippen molar-refractivity contribution in [3.63, 3.8) is 0 Å². The lowest BCUT2D eigenvalue weighted by Crippen LogP contribution is -2.30. The summed E-state index contributed by atoms with van der Waals surface area (Å²) >= 11 is 0.163. The second kappa shape index (κ2) is 6.32. The highest BCUT2D eigenvalue weighted by Crippen LogP contribution is 2.35. The number of hydrogen-bond donors (Lipinski definition) is 1. The van der Waals surface area contributed by atoms with E-state index in [1.807, 2.05) is 30.3 Å². The molecule has 24 heavy (non-hydrogen) atoms. The van der Waals surface area contributed by atoms with E-state index in [4.69, 9.17) is 5.73 Å². The van der Waals surface area contributed by atoms with Crippen molar-refractivity contribution in [3.8, 4) is 11.3 Å². The maximum absolute atomic E-state index is 13.7. The first kappa shape index (κ1) is 15.3. The molecule has 3 heterocycles. The van der Waals surface area contributed by atoms with Gasteiger partial charge in [0.05, 0.1) is 11.1 Å². The summed E-state index contributed by atoms with van der Waals surface area (Å²) in [5.41, 5.74) is 8.70. The molecule has 1 aromatic carbocycles. The van der Waals surface area contributed by atoms with Gasteiger partial charge in [0.15, 0.2) is 18.0 Å². The topological polar surface area (TPSA) is 60.0 Å². The lowest BCUT2D eigenvalue weighted by Gasteiger charge is -2.27. The fraction of sp³-hybridized carbons (Fsp3) is 0.294. The summed E-state index contributed by atoms with van der Waals surface area (Å²) in [6.07, 6.45) is 5.10. The van der Waals surface area contributed by atoms with Crippen LogP contribution in [0, 0.1) is 0 Å². The Kier molecular flexibility index (Phi) is 4.02. The number of nitrogen functional groups attached to an aromatic ring is 1. The molecule has 1 aliphatic heterocycles. The second-order valence-electron chi connectivity index (χ2n) is 6.00. The van der Waals surface area contributed by atoms with Gasteiger partial charge >= 0.3 is 0 Å². The van der Waals surface area contributed by atoms with Gasteiger partial charge in [0.1, 0.15) is 12.1 Å². The quantitative estimate of drug-likeness (QED) is 0.727. The standard InChI is InChI=1S/C17H18FN5S/c18-24-23-15(12-4-6-13(19)7-5-12)10-14-16(20-11-21-17(14)23)22-8-2-1-3-9-22/h4-7,10-11H,1-3,8-9,19H2. The minimum Gasteiger partial charge on any atom is -0.399 e. The third kappa shape index (κ3) is 2.58. The molecule has 7 heteroatoms. The van der Waals surface area contributed by atoms with Gasteiger partial charge in [-0.25, -0.2) is 13.9 Å². The monoisotopic (exact) mass is 343 g/mol. The molecule has 124 valence electrons. The van der Waals surface area contributed by atoms with Crippen LogP contribution in [0.2, 0.25) is 0 Å². The zero-order valence-corrected chi connectivity index (χ0v) is 14.0. The minimum atomic E-state index is 0.163. The number of hydrogen-bond acceptors (Lipinski definition) is 5. The van der Waals surface area contributed by atoms with Gasteiger partial charge in [-0.3, -0.25) is 0 Å². The van der Waals surface area contributed by atoms with Crippen molar-refractivity contribution in [1.29, 1.82) is 0 Å². The molecule has 2 aromatic heterocycles. The number of aromatic nitrogens is 3. The summed E-state index contributed by atoms with van der Waals surface area (Å²) in [6.45, 7) is 1.97. The number of benzene rings is 1. The SMILES string of the molecule is Nc1ccc(-c2cc3c(N4CCCCC4)ncnc3n2SF)cc1. The number of anilines is 2. The molecule has 0 bridgehead atoms. The highest BCUT2D eigenvalue weighted by Gasteiger charge is 2.20. The van der Waals surface area contributed by atoms with E-state index < -0.39 is 0 Å². The molecule has 4 rings (SSSR count). The maximum Gasteiger partial charge on any atom is 0.171 e. The van der Waals surface area contributed by atoms with Crippen LogP contribution >= 0.6 is 12.3 Å². The van der Waals surface area contributed by atoms with Crippen LogP contribution in [-0.4, -0.2) is 27.0 Å². The van der Waals surface area contributed by atoms with E-state index in [0.717, 1.165) is 48.4 Å². The highest BCUT2D eigenvalue weighted by atomic mass is 32.2. The van der Waals surface area contributed by atoms with Crippen molar-refractivity contribution in [1.82, 2.24) is 13.9 Å². The van der Waals surface area contributed by atoms with Crippen LogP contribution in [0.4, 0.5) is 15.4 Å². The number of rotatable bonds is 3. The zero-order valence-electron chi connectivity index (χ0n) is 13.2. The van der Waals surface area contributed by atoms with Crippen LogP contribution in [0.15, 0.2) is 36.7 Å². The molecule has 0 atom stereocenters. The van der Waals surface area contributed by atoms with E-state index in [9.17, 15) is 3.89 Å². The van der Waals surface area contributed by atoms with Crippen molar-refractivity contribution in [2.24, 2.45) is 0 Å². The molecule has 3 aromatic rings. The fourth-order valence-corrected chi connectivity index (χ4v) is 3.70. The summed E-state index contributed by atoms with van der Waals surface area (Å²) in [4.78, 5) is 11.1. The van der Waals surface area contributed by atoms with Crippen molar-refractivity contribution in [2.45, 2.75) is 19.3 Å². The number of halogens is 1. The van der Waals surface area contributed by atoms with E-state index in [2.05, 4.69) is 14.9 Å². The van der Waals surface area contributed by atoms with Crippen LogP contribution in [0.25, 0.3) is 22.3 Å². The lowest BCUT2D eigenvalue weighted by atomic mass is 10.1. The van der Waals surface area contributed by atoms with Gasteiger partial charge < -0.3 is 10.6 Å². The Morgan fingerprint density at radius 3 is 2.50 bits per heavy atom. The Morgan fingerprint density at radius 1 is 1.04 bits per heavy atom. The average molecular weight is 343 g/mol. The molecule has 0 amide bonds. The van der Waals surface area contributed by atoms with E-state index >= 15 is 0 Å². The molecule has 0 radical (unpaired) electrons. The first-order valence-electron chi connectivity index (χ1n) is 8.04.